The number of carboxylic acids is 1. The molecule has 0 radical (unpaired) electrons. The predicted octanol–water partition coefficient (Wildman–Crippen LogP) is 4.15. The van der Waals surface area contributed by atoms with Crippen molar-refractivity contribution >= 4 is 11.8 Å². The number of nitrogens with zero attached hydrogens (tertiary/aromatic N) is 1. The van der Waals surface area contributed by atoms with Crippen molar-refractivity contribution in [3.05, 3.63) is 47.5 Å². The van der Waals surface area contributed by atoms with Gasteiger partial charge in [0.25, 0.3) is 0 Å². The van der Waals surface area contributed by atoms with Crippen LogP contribution in [0.5, 0.6) is 0 Å². The molecule has 3 fully saturated rings. The van der Waals surface area contributed by atoms with Gasteiger partial charge in [-0.1, -0.05) is 18.6 Å². The van der Waals surface area contributed by atoms with Gasteiger partial charge in [0.2, 0.25) is 0 Å². The van der Waals surface area contributed by atoms with E-state index in [1.807, 2.05) is 26.0 Å². The average molecular weight is 488 g/mol. The number of hydrogen-bond acceptors (Lipinski definition) is 6. The molecule has 0 unspecified atom stereocenters. The number of carbonyl (C=O) groups is 2. The minimum atomic E-state index is -2.00. The van der Waals surface area contributed by atoms with Crippen LogP contribution >= 0.6 is 0 Å². The number of alkyl halides is 1. The minimum Gasteiger partial charge on any atom is -0.479 e. The Bertz CT molecular complexity index is 1130. The molecule has 1 aromatic heterocycles. The fourth-order valence-corrected chi connectivity index (χ4v) is 7.83. The number of hydroxylamine groups is 2. The Hall–Kier alpha value is -2.29. The number of furan rings is 1. The van der Waals surface area contributed by atoms with Crippen molar-refractivity contribution in [2.24, 2.45) is 22.7 Å². The number of rotatable bonds is 5. The summed E-state index contributed by atoms with van der Waals surface area (Å²) < 4.78 is 22.8. The minimum absolute atomic E-state index is 0.0463. The van der Waals surface area contributed by atoms with Gasteiger partial charge in [0, 0.05) is 23.8 Å². The van der Waals surface area contributed by atoms with Gasteiger partial charge in [-0.3, -0.25) is 9.63 Å². The zero-order valence-electron chi connectivity index (χ0n) is 20.7. The molecule has 0 saturated heterocycles. The first-order chi connectivity index (χ1) is 16.4. The summed E-state index contributed by atoms with van der Waals surface area (Å²) in [5.74, 6) is -0.718. The van der Waals surface area contributed by atoms with Gasteiger partial charge >= 0.3 is 5.97 Å². The maximum atomic E-state index is 17.2. The molecule has 0 amide bonds. The molecule has 0 spiro atoms. The molecule has 3 saturated carbocycles. The molecular formula is C27H34FNO6. The van der Waals surface area contributed by atoms with Gasteiger partial charge in [0.15, 0.2) is 17.1 Å². The lowest BCUT2D eigenvalue weighted by Crippen LogP contribution is -2.69. The summed E-state index contributed by atoms with van der Waals surface area (Å²) >= 11 is 0. The lowest BCUT2D eigenvalue weighted by Gasteiger charge is -2.62. The molecule has 5 rings (SSSR count). The molecule has 0 aromatic carbocycles. The lowest BCUT2D eigenvalue weighted by atomic mass is 9.45. The SMILES string of the molecule is Cc1ccc(CN(C)O[C@]2(C(=O)O)CC[C@H]3[C@@H]4CCC5=CC(=O)C=C[C@]5(C)[C@@]4(F)[C@@H](O)C[C@@]32C)o1. The van der Waals surface area contributed by atoms with Crippen LogP contribution in [0.3, 0.4) is 0 Å². The van der Waals surface area contributed by atoms with E-state index in [0.29, 0.717) is 30.6 Å². The summed E-state index contributed by atoms with van der Waals surface area (Å²) in [7, 11) is 1.67. The number of aliphatic hydroxyl groups is 1. The van der Waals surface area contributed by atoms with Gasteiger partial charge in [-0.2, -0.15) is 5.06 Å². The first kappa shape index (κ1) is 24.4. The average Bonchev–Trinajstić information content (AvgIpc) is 3.31. The second kappa shape index (κ2) is 7.85. The quantitative estimate of drug-likeness (QED) is 0.602. The molecule has 8 heteroatoms. The highest BCUT2D eigenvalue weighted by molar-refractivity contribution is 6.01. The van der Waals surface area contributed by atoms with Crippen molar-refractivity contribution in [1.29, 1.82) is 0 Å². The predicted molar refractivity (Wildman–Crippen MR) is 125 cm³/mol. The van der Waals surface area contributed by atoms with Crippen LogP contribution in [-0.2, 0) is 21.0 Å². The van der Waals surface area contributed by atoms with Crippen LogP contribution in [-0.4, -0.2) is 51.5 Å². The summed E-state index contributed by atoms with van der Waals surface area (Å²) in [5.41, 5.74) is -4.99. The number of fused-ring (bicyclic) bond motifs is 5. The van der Waals surface area contributed by atoms with Gasteiger partial charge in [0.1, 0.15) is 11.5 Å². The first-order valence-electron chi connectivity index (χ1n) is 12.4. The molecule has 4 aliphatic rings. The third kappa shape index (κ3) is 3.19. The van der Waals surface area contributed by atoms with Gasteiger partial charge in [-0.05, 0) is 76.2 Å². The number of carbonyl (C=O) groups excluding carboxylic acids is 1. The van der Waals surface area contributed by atoms with Gasteiger partial charge in [-0.25, -0.2) is 9.18 Å². The molecule has 0 aliphatic heterocycles. The number of ketones is 1. The van der Waals surface area contributed by atoms with E-state index in [-0.39, 0.29) is 31.1 Å². The smallest absolute Gasteiger partial charge is 0.338 e. The van der Waals surface area contributed by atoms with Crippen LogP contribution in [0.4, 0.5) is 4.39 Å². The molecule has 2 N–H and O–H groups in total. The highest BCUT2D eigenvalue weighted by atomic mass is 19.1. The molecule has 4 aliphatic carbocycles. The number of aliphatic carboxylic acids is 1. The van der Waals surface area contributed by atoms with Crippen LogP contribution in [0.25, 0.3) is 0 Å². The Labute approximate surface area is 204 Å². The normalized spacial score (nSPS) is 42.4. The number of halogens is 1. The number of carboxylic acid groups (broad SMARTS) is 1. The number of aryl methyl sites for hydroxylation is 1. The van der Waals surface area contributed by atoms with Crippen molar-refractivity contribution in [1.82, 2.24) is 5.06 Å². The standard InChI is InChI=1S/C27H34FNO6/c1-16-5-7-19(34-16)15-29(4)35-26(23(32)33)12-10-20-21-8-6-17-13-18(30)9-11-24(17,2)27(21,28)22(31)14-25(20,26)3/h5,7,9,11,13,20-22,31H,6,8,10,12,14-15H2,1-4H3,(H,32,33)/t20-,21-,22-,24-,25-,26-,27-/m0/s1. The Morgan fingerprint density at radius 3 is 2.69 bits per heavy atom. The molecule has 1 aromatic rings. The fourth-order valence-electron chi connectivity index (χ4n) is 7.83. The Kier molecular flexibility index (Phi) is 5.48. The van der Waals surface area contributed by atoms with E-state index in [1.54, 1.807) is 20.0 Å². The molecule has 35 heavy (non-hydrogen) atoms. The third-order valence-electron chi connectivity index (χ3n) is 9.59. The van der Waals surface area contributed by atoms with E-state index in [1.165, 1.54) is 17.2 Å². The van der Waals surface area contributed by atoms with E-state index in [9.17, 15) is 19.8 Å². The van der Waals surface area contributed by atoms with Crippen LogP contribution in [0, 0.1) is 29.6 Å². The van der Waals surface area contributed by atoms with Crippen molar-refractivity contribution in [2.45, 2.75) is 76.8 Å². The van der Waals surface area contributed by atoms with Gasteiger partial charge < -0.3 is 14.6 Å². The van der Waals surface area contributed by atoms with Crippen molar-refractivity contribution in [3.63, 3.8) is 0 Å². The Morgan fingerprint density at radius 1 is 1.29 bits per heavy atom. The number of allylic oxidation sites excluding steroid dienone is 4. The van der Waals surface area contributed by atoms with Crippen molar-refractivity contribution in [2.75, 3.05) is 7.05 Å². The van der Waals surface area contributed by atoms with E-state index in [2.05, 4.69) is 0 Å². The van der Waals surface area contributed by atoms with Crippen molar-refractivity contribution in [3.8, 4) is 0 Å². The first-order valence-corrected chi connectivity index (χ1v) is 12.4. The van der Waals surface area contributed by atoms with Gasteiger partial charge in [-0.15, -0.1) is 0 Å². The molecule has 7 atom stereocenters. The zero-order chi connectivity index (χ0) is 25.4. The van der Waals surface area contributed by atoms with Crippen LogP contribution in [0.1, 0.15) is 57.5 Å². The monoisotopic (exact) mass is 487 g/mol. The lowest BCUT2D eigenvalue weighted by molar-refractivity contribution is -0.294. The molecule has 0 bridgehead atoms. The molecule has 190 valence electrons. The van der Waals surface area contributed by atoms with Crippen LogP contribution < -0.4 is 0 Å². The van der Waals surface area contributed by atoms with Gasteiger partial charge in [0.05, 0.1) is 12.6 Å². The Balaban J connectivity index is 1.49. The van der Waals surface area contributed by atoms with Crippen LogP contribution in [0.2, 0.25) is 0 Å². The largest absolute Gasteiger partial charge is 0.479 e. The van der Waals surface area contributed by atoms with Crippen LogP contribution in [0.15, 0.2) is 40.4 Å². The fraction of sp³-hybridized carbons (Fsp3) is 0.630. The number of aliphatic hydroxyl groups excluding tert-OH is 1. The van der Waals surface area contributed by atoms with E-state index < -0.39 is 40.1 Å². The summed E-state index contributed by atoms with van der Waals surface area (Å²) in [4.78, 5) is 31.1. The summed E-state index contributed by atoms with van der Waals surface area (Å²) in [6.45, 7) is 5.68. The zero-order valence-corrected chi connectivity index (χ0v) is 20.7. The molecule has 7 nitrogen and oxygen atoms in total. The highest BCUT2D eigenvalue weighted by Gasteiger charge is 2.75. The maximum absolute atomic E-state index is 17.2. The highest BCUT2D eigenvalue weighted by Crippen LogP contribution is 2.70. The second-order valence-corrected chi connectivity index (χ2v) is 11.3. The molecule has 1 heterocycles. The van der Waals surface area contributed by atoms with Crippen molar-refractivity contribution < 1.29 is 33.4 Å². The van der Waals surface area contributed by atoms with E-state index in [4.69, 9.17) is 9.25 Å². The summed E-state index contributed by atoms with van der Waals surface area (Å²) in [5, 5.41) is 23.4. The summed E-state index contributed by atoms with van der Waals surface area (Å²) in [6, 6.07) is 3.65. The second-order valence-electron chi connectivity index (χ2n) is 11.3. The molecular weight excluding hydrogens is 453 g/mol. The summed E-state index contributed by atoms with van der Waals surface area (Å²) in [6.07, 6.45) is 4.75. The van der Waals surface area contributed by atoms with E-state index in [0.717, 1.165) is 5.76 Å². The number of hydrogen-bond donors (Lipinski definition) is 2. The third-order valence-corrected chi connectivity index (χ3v) is 9.59. The maximum Gasteiger partial charge on any atom is 0.338 e. The van der Waals surface area contributed by atoms with E-state index >= 15 is 4.39 Å². The Morgan fingerprint density at radius 2 is 2.03 bits per heavy atom. The topological polar surface area (TPSA) is 100 Å².